The van der Waals surface area contributed by atoms with Crippen molar-refractivity contribution in [3.63, 3.8) is 0 Å². The molecule has 1 fully saturated rings. The zero-order chi connectivity index (χ0) is 21.5. The van der Waals surface area contributed by atoms with E-state index in [1.165, 1.54) is 16.5 Å². The van der Waals surface area contributed by atoms with Crippen LogP contribution in [-0.4, -0.2) is 39.9 Å². The minimum absolute atomic E-state index is 0.117. The summed E-state index contributed by atoms with van der Waals surface area (Å²) in [7, 11) is 0. The van der Waals surface area contributed by atoms with Crippen molar-refractivity contribution in [1.29, 1.82) is 0 Å². The number of hydrogen-bond donors (Lipinski definition) is 1. The van der Waals surface area contributed by atoms with E-state index < -0.39 is 0 Å². The number of hydrogen-bond acceptors (Lipinski definition) is 3. The van der Waals surface area contributed by atoms with Crippen LogP contribution >= 0.6 is 0 Å². The molecule has 1 aromatic heterocycles. The Hall–Kier alpha value is -2.95. The van der Waals surface area contributed by atoms with Crippen LogP contribution in [0.15, 0.2) is 30.3 Å². The molecule has 0 spiro atoms. The average Bonchev–Trinajstić information content (AvgIpc) is 3.36. The fourth-order valence-corrected chi connectivity index (χ4v) is 5.43. The number of nitrogens with zero attached hydrogens (tertiary/aromatic N) is 2. The lowest BCUT2D eigenvalue weighted by atomic mass is 9.87. The first-order valence-corrected chi connectivity index (χ1v) is 11.4. The van der Waals surface area contributed by atoms with E-state index in [4.69, 9.17) is 0 Å². The average molecular weight is 416 g/mol. The predicted octanol–water partition coefficient (Wildman–Crippen LogP) is 4.33. The molecule has 0 bridgehead atoms. The van der Waals surface area contributed by atoms with Crippen LogP contribution < -0.4 is 0 Å². The Morgan fingerprint density at radius 1 is 1.13 bits per heavy atom. The van der Waals surface area contributed by atoms with Crippen LogP contribution in [0, 0.1) is 19.8 Å². The number of nitrogens with one attached hydrogen (secondary N) is 1. The smallest absolute Gasteiger partial charge is 0.222 e. The summed E-state index contributed by atoms with van der Waals surface area (Å²) in [6.45, 7) is 5.24. The van der Waals surface area contributed by atoms with Gasteiger partial charge in [0.1, 0.15) is 0 Å². The van der Waals surface area contributed by atoms with Crippen molar-refractivity contribution in [2.75, 3.05) is 13.1 Å². The van der Waals surface area contributed by atoms with Crippen LogP contribution in [0.1, 0.15) is 57.7 Å². The topological polar surface area (TPSA) is 66.1 Å². The van der Waals surface area contributed by atoms with Gasteiger partial charge in [-0.2, -0.15) is 5.10 Å². The number of ketones is 1. The number of aromatic amines is 1. The zero-order valence-electron chi connectivity index (χ0n) is 18.3. The number of carbonyl (C=O) groups excluding carboxylic acids is 2. The molecule has 1 atom stereocenters. The summed E-state index contributed by atoms with van der Waals surface area (Å²) in [5, 5.41) is 9.58. The molecule has 1 saturated heterocycles. The van der Waals surface area contributed by atoms with E-state index in [-0.39, 0.29) is 17.6 Å². The van der Waals surface area contributed by atoms with Gasteiger partial charge in [-0.25, -0.2) is 0 Å². The molecule has 1 aliphatic heterocycles. The number of likely N-dealkylation sites (tertiary alicyclic amines) is 1. The van der Waals surface area contributed by atoms with Gasteiger partial charge in [0, 0.05) is 36.7 Å². The second-order valence-electron chi connectivity index (χ2n) is 9.07. The molecule has 5 nitrogen and oxygen atoms in total. The van der Waals surface area contributed by atoms with Crippen molar-refractivity contribution in [3.8, 4) is 0 Å². The minimum atomic E-state index is -0.117. The van der Waals surface area contributed by atoms with Crippen molar-refractivity contribution in [2.45, 2.75) is 52.4 Å². The van der Waals surface area contributed by atoms with Gasteiger partial charge >= 0.3 is 0 Å². The monoisotopic (exact) mass is 415 g/mol. The van der Waals surface area contributed by atoms with Crippen LogP contribution in [0.4, 0.5) is 0 Å². The van der Waals surface area contributed by atoms with Gasteiger partial charge < -0.3 is 4.90 Å². The molecular weight excluding hydrogens is 386 g/mol. The summed E-state index contributed by atoms with van der Waals surface area (Å²) in [6.07, 6.45) is 5.01. The number of Topliss-reactive ketones (excluding diaryl/α,β-unsaturated/α-hetero) is 1. The third-order valence-electron chi connectivity index (χ3n) is 7.16. The first-order valence-electron chi connectivity index (χ1n) is 11.4. The maximum atomic E-state index is 13.5. The van der Waals surface area contributed by atoms with E-state index in [1.54, 1.807) is 0 Å². The molecule has 2 aromatic carbocycles. The molecule has 3 aromatic rings. The largest absolute Gasteiger partial charge is 0.342 e. The number of H-pyrrole nitrogens is 1. The van der Waals surface area contributed by atoms with Crippen LogP contribution in [0.3, 0.4) is 0 Å². The molecule has 5 heteroatoms. The molecular formula is C26H29N3O2. The first-order chi connectivity index (χ1) is 15.0. The third-order valence-corrected chi connectivity index (χ3v) is 7.16. The molecule has 2 aliphatic rings. The Balaban J connectivity index is 1.31. The van der Waals surface area contributed by atoms with E-state index >= 15 is 0 Å². The van der Waals surface area contributed by atoms with Crippen molar-refractivity contribution in [2.24, 2.45) is 5.92 Å². The minimum Gasteiger partial charge on any atom is -0.342 e. The number of rotatable bonds is 5. The lowest BCUT2D eigenvalue weighted by molar-refractivity contribution is -0.132. The summed E-state index contributed by atoms with van der Waals surface area (Å²) in [5.74, 6) is 0.209. The standard InChI is InChI=1S/C26H29N3O2/c1-16-21(17(2)28-27-16)12-13-24(30)29-14-4-6-20(15-29)26(31)23-11-10-19-9-8-18-5-3-7-22(23)25(18)19/h3,5,7,10-11,20H,4,6,8-9,12-15H2,1-2H3,(H,27,28). The lowest BCUT2D eigenvalue weighted by Gasteiger charge is -2.32. The highest BCUT2D eigenvalue weighted by Gasteiger charge is 2.30. The highest BCUT2D eigenvalue weighted by molar-refractivity contribution is 6.11. The summed E-state index contributed by atoms with van der Waals surface area (Å²) >= 11 is 0. The molecule has 1 N–H and O–H groups in total. The summed E-state index contributed by atoms with van der Waals surface area (Å²) in [4.78, 5) is 28.3. The van der Waals surface area contributed by atoms with Gasteiger partial charge in [0.15, 0.2) is 5.78 Å². The normalized spacial score (nSPS) is 18.0. The van der Waals surface area contributed by atoms with Gasteiger partial charge in [-0.1, -0.05) is 30.3 Å². The van der Waals surface area contributed by atoms with Crippen molar-refractivity contribution in [3.05, 3.63) is 64.0 Å². The van der Waals surface area contributed by atoms with Gasteiger partial charge in [-0.15, -0.1) is 0 Å². The lowest BCUT2D eigenvalue weighted by Crippen LogP contribution is -2.42. The molecule has 160 valence electrons. The molecule has 1 aliphatic carbocycles. The Bertz CT molecular complexity index is 1150. The molecule has 5 rings (SSSR count). The first kappa shape index (κ1) is 20.0. The van der Waals surface area contributed by atoms with Crippen LogP contribution in [0.25, 0.3) is 10.8 Å². The third kappa shape index (κ3) is 3.56. The van der Waals surface area contributed by atoms with E-state index in [9.17, 15) is 9.59 Å². The Morgan fingerprint density at radius 2 is 1.94 bits per heavy atom. The van der Waals surface area contributed by atoms with E-state index in [1.807, 2.05) is 24.8 Å². The SMILES string of the molecule is Cc1n[nH]c(C)c1CCC(=O)N1CCCC(C(=O)c2ccc3c4c(cccc24)CC3)C1. The number of benzene rings is 2. The molecule has 31 heavy (non-hydrogen) atoms. The predicted molar refractivity (Wildman–Crippen MR) is 121 cm³/mol. The van der Waals surface area contributed by atoms with Crippen LogP contribution in [0.5, 0.6) is 0 Å². The van der Waals surface area contributed by atoms with Crippen molar-refractivity contribution >= 4 is 22.5 Å². The zero-order valence-corrected chi connectivity index (χ0v) is 18.3. The summed E-state index contributed by atoms with van der Waals surface area (Å²) in [5.41, 5.74) is 6.66. The maximum absolute atomic E-state index is 13.5. The maximum Gasteiger partial charge on any atom is 0.222 e. The second-order valence-corrected chi connectivity index (χ2v) is 9.07. The van der Waals surface area contributed by atoms with Gasteiger partial charge in [0.25, 0.3) is 0 Å². The van der Waals surface area contributed by atoms with Gasteiger partial charge in [-0.05, 0) is 73.4 Å². The van der Waals surface area contributed by atoms with Crippen molar-refractivity contribution < 1.29 is 9.59 Å². The fraction of sp³-hybridized carbons (Fsp3) is 0.423. The molecule has 1 amide bonds. The van der Waals surface area contributed by atoms with Crippen molar-refractivity contribution in [1.82, 2.24) is 15.1 Å². The summed E-state index contributed by atoms with van der Waals surface area (Å²) < 4.78 is 0. The quantitative estimate of drug-likeness (QED) is 0.631. The van der Waals surface area contributed by atoms with Crippen LogP contribution in [-0.2, 0) is 24.1 Å². The highest BCUT2D eigenvalue weighted by atomic mass is 16.2. The van der Waals surface area contributed by atoms with E-state index in [0.29, 0.717) is 19.4 Å². The Morgan fingerprint density at radius 3 is 2.71 bits per heavy atom. The number of aromatic nitrogens is 2. The number of amides is 1. The van der Waals surface area contributed by atoms with Crippen LogP contribution in [0.2, 0.25) is 0 Å². The van der Waals surface area contributed by atoms with E-state index in [0.717, 1.165) is 60.1 Å². The second kappa shape index (κ2) is 7.95. The number of carbonyl (C=O) groups is 2. The van der Waals surface area contributed by atoms with Gasteiger partial charge in [-0.3, -0.25) is 14.7 Å². The fourth-order valence-electron chi connectivity index (χ4n) is 5.43. The highest BCUT2D eigenvalue weighted by Crippen LogP contribution is 2.34. The molecule has 1 unspecified atom stereocenters. The Labute approximate surface area is 182 Å². The summed E-state index contributed by atoms with van der Waals surface area (Å²) in [6, 6.07) is 10.5. The molecule has 2 heterocycles. The Kier molecular flexibility index (Phi) is 5.12. The molecule has 0 saturated carbocycles. The number of aryl methyl sites for hydroxylation is 4. The van der Waals surface area contributed by atoms with E-state index in [2.05, 4.69) is 34.5 Å². The van der Waals surface area contributed by atoms with Gasteiger partial charge in [0.2, 0.25) is 5.91 Å². The molecule has 0 radical (unpaired) electrons. The van der Waals surface area contributed by atoms with Gasteiger partial charge in [0.05, 0.1) is 5.69 Å². The number of piperidine rings is 1.